The van der Waals surface area contributed by atoms with E-state index in [0.29, 0.717) is 6.04 Å². The van der Waals surface area contributed by atoms with Gasteiger partial charge in [0, 0.05) is 18.4 Å². The van der Waals surface area contributed by atoms with Crippen LogP contribution in [0.4, 0.5) is 0 Å². The molecule has 86 valence electrons. The molecular weight excluding hydrogens is 202 g/mol. The zero-order valence-corrected chi connectivity index (χ0v) is 9.37. The second-order valence-corrected chi connectivity index (χ2v) is 4.82. The van der Waals surface area contributed by atoms with Crippen molar-refractivity contribution in [3.8, 4) is 0 Å². The molecule has 1 aromatic heterocycles. The first kappa shape index (κ1) is 10.1. The smallest absolute Gasteiger partial charge is 0.171 e. The quantitative estimate of drug-likeness (QED) is 0.787. The molecule has 2 heterocycles. The lowest BCUT2D eigenvalue weighted by Gasteiger charge is -2.32. The lowest BCUT2D eigenvalue weighted by molar-refractivity contribution is 0.0849. The van der Waals surface area contributed by atoms with Crippen LogP contribution in [0.15, 0.2) is 16.7 Å². The lowest BCUT2D eigenvalue weighted by Crippen LogP contribution is -2.44. The monoisotopic (exact) mass is 219 g/mol. The molecule has 2 unspecified atom stereocenters. The van der Waals surface area contributed by atoms with Crippen LogP contribution in [0.3, 0.4) is 0 Å². The minimum atomic E-state index is 0.172. The van der Waals surface area contributed by atoms with E-state index in [0.717, 1.165) is 37.1 Å². The van der Waals surface area contributed by atoms with Crippen molar-refractivity contribution in [3.63, 3.8) is 0 Å². The van der Waals surface area contributed by atoms with Crippen LogP contribution in [-0.4, -0.2) is 18.4 Å². The first-order valence-electron chi connectivity index (χ1n) is 6.20. The van der Waals surface area contributed by atoms with Crippen molar-refractivity contribution >= 4 is 5.78 Å². The summed E-state index contributed by atoms with van der Waals surface area (Å²) in [6.07, 6.45) is 7.13. The molecule has 3 heteroatoms. The summed E-state index contributed by atoms with van der Waals surface area (Å²) in [5.74, 6) is 1.34. The summed E-state index contributed by atoms with van der Waals surface area (Å²) in [5.41, 5.74) is 0.823. The maximum atomic E-state index is 12.3. The fourth-order valence-corrected chi connectivity index (χ4v) is 2.98. The van der Waals surface area contributed by atoms with E-state index in [2.05, 4.69) is 5.32 Å². The highest BCUT2D eigenvalue weighted by molar-refractivity contribution is 6.00. The first-order valence-corrected chi connectivity index (χ1v) is 6.20. The zero-order valence-electron chi connectivity index (χ0n) is 9.37. The van der Waals surface area contributed by atoms with E-state index in [-0.39, 0.29) is 11.7 Å². The molecule has 0 aromatic carbocycles. The molecule has 0 radical (unpaired) electrons. The Morgan fingerprint density at radius 3 is 3.06 bits per heavy atom. The molecule has 1 aliphatic heterocycles. The number of carbonyl (C=O) groups excluding carboxylic acids is 1. The number of carbonyl (C=O) groups is 1. The summed E-state index contributed by atoms with van der Waals surface area (Å²) >= 11 is 0. The van der Waals surface area contributed by atoms with E-state index in [1.165, 1.54) is 12.8 Å². The Labute approximate surface area is 95.2 Å². The van der Waals surface area contributed by atoms with Crippen molar-refractivity contribution in [1.29, 1.82) is 0 Å². The number of nitrogens with one attached hydrogen (secondary N) is 1. The fourth-order valence-electron chi connectivity index (χ4n) is 2.98. The number of ketones is 1. The van der Waals surface area contributed by atoms with Gasteiger partial charge in [0.05, 0.1) is 11.8 Å². The number of piperidine rings is 1. The standard InChI is InChI=1S/C13H17NO2/c15-13-9(11-3-1-2-7-14-11)4-5-12-10(13)6-8-16-12/h6,8-9,11,14H,1-5,7H2. The molecule has 2 atom stereocenters. The minimum Gasteiger partial charge on any atom is -0.469 e. The second-order valence-electron chi connectivity index (χ2n) is 4.82. The Kier molecular flexibility index (Phi) is 2.56. The molecule has 0 spiro atoms. The Balaban J connectivity index is 1.81. The Morgan fingerprint density at radius 2 is 2.25 bits per heavy atom. The second kappa shape index (κ2) is 4.06. The Bertz CT molecular complexity index is 390. The molecule has 3 rings (SSSR count). The third kappa shape index (κ3) is 1.59. The summed E-state index contributed by atoms with van der Waals surface area (Å²) in [4.78, 5) is 12.3. The van der Waals surface area contributed by atoms with Crippen LogP contribution in [0.5, 0.6) is 0 Å². The van der Waals surface area contributed by atoms with Crippen molar-refractivity contribution in [2.24, 2.45) is 5.92 Å². The highest BCUT2D eigenvalue weighted by atomic mass is 16.3. The summed E-state index contributed by atoms with van der Waals surface area (Å²) in [6, 6.07) is 2.22. The molecule has 3 nitrogen and oxygen atoms in total. The Hall–Kier alpha value is -1.09. The van der Waals surface area contributed by atoms with Crippen molar-refractivity contribution in [2.75, 3.05) is 6.54 Å². The number of hydrogen-bond donors (Lipinski definition) is 1. The van der Waals surface area contributed by atoms with Gasteiger partial charge in [0.15, 0.2) is 5.78 Å². The molecule has 2 aliphatic rings. The third-order valence-corrected chi connectivity index (χ3v) is 3.86. The van der Waals surface area contributed by atoms with E-state index in [1.54, 1.807) is 6.26 Å². The Morgan fingerprint density at radius 1 is 1.31 bits per heavy atom. The molecular formula is C13H17NO2. The zero-order chi connectivity index (χ0) is 11.0. The van der Waals surface area contributed by atoms with Gasteiger partial charge in [-0.2, -0.15) is 0 Å². The minimum absolute atomic E-state index is 0.172. The van der Waals surface area contributed by atoms with Gasteiger partial charge < -0.3 is 9.73 Å². The summed E-state index contributed by atoms with van der Waals surface area (Å²) < 4.78 is 5.32. The first-order chi connectivity index (χ1) is 7.86. The predicted molar refractivity (Wildman–Crippen MR) is 60.5 cm³/mol. The van der Waals surface area contributed by atoms with Gasteiger partial charge in [-0.25, -0.2) is 0 Å². The van der Waals surface area contributed by atoms with Crippen molar-refractivity contribution in [1.82, 2.24) is 5.32 Å². The van der Waals surface area contributed by atoms with Crippen molar-refractivity contribution in [2.45, 2.75) is 38.1 Å². The maximum Gasteiger partial charge on any atom is 0.171 e. The van der Waals surface area contributed by atoms with E-state index in [9.17, 15) is 4.79 Å². The van der Waals surface area contributed by atoms with Crippen LogP contribution in [0.1, 0.15) is 41.8 Å². The fraction of sp³-hybridized carbons (Fsp3) is 0.615. The number of Topliss-reactive ketones (excluding diaryl/α,β-unsaturated/α-hetero) is 1. The van der Waals surface area contributed by atoms with Gasteiger partial charge in [0.25, 0.3) is 0 Å². The van der Waals surface area contributed by atoms with E-state index < -0.39 is 0 Å². The topological polar surface area (TPSA) is 42.2 Å². The van der Waals surface area contributed by atoms with E-state index in [1.807, 2.05) is 6.07 Å². The van der Waals surface area contributed by atoms with Crippen molar-refractivity contribution < 1.29 is 9.21 Å². The van der Waals surface area contributed by atoms with Crippen LogP contribution >= 0.6 is 0 Å². The predicted octanol–water partition coefficient (Wildman–Crippen LogP) is 2.17. The molecule has 0 amide bonds. The highest BCUT2D eigenvalue weighted by Gasteiger charge is 2.35. The van der Waals surface area contributed by atoms with Crippen LogP contribution in [0.2, 0.25) is 0 Å². The molecule has 1 N–H and O–H groups in total. The van der Waals surface area contributed by atoms with Gasteiger partial charge in [0.1, 0.15) is 5.76 Å². The lowest BCUT2D eigenvalue weighted by atomic mass is 9.79. The number of aryl methyl sites for hydroxylation is 1. The third-order valence-electron chi connectivity index (χ3n) is 3.86. The van der Waals surface area contributed by atoms with Crippen LogP contribution in [0.25, 0.3) is 0 Å². The molecule has 1 aromatic rings. The van der Waals surface area contributed by atoms with Crippen LogP contribution in [0, 0.1) is 5.92 Å². The normalized spacial score (nSPS) is 30.1. The number of fused-ring (bicyclic) bond motifs is 1. The average molecular weight is 219 g/mol. The molecule has 0 bridgehead atoms. The SMILES string of the molecule is O=C1c2ccoc2CCC1C1CCCCN1. The molecule has 1 fully saturated rings. The largest absolute Gasteiger partial charge is 0.469 e. The number of furan rings is 1. The summed E-state index contributed by atoms with van der Waals surface area (Å²) in [7, 11) is 0. The highest BCUT2D eigenvalue weighted by Crippen LogP contribution is 2.30. The van der Waals surface area contributed by atoms with Crippen LogP contribution < -0.4 is 5.32 Å². The van der Waals surface area contributed by atoms with Gasteiger partial charge >= 0.3 is 0 Å². The molecule has 0 saturated carbocycles. The molecule has 16 heavy (non-hydrogen) atoms. The van der Waals surface area contributed by atoms with Gasteiger partial charge in [-0.3, -0.25) is 4.79 Å². The summed E-state index contributed by atoms with van der Waals surface area (Å²) in [5, 5.41) is 3.49. The van der Waals surface area contributed by atoms with E-state index in [4.69, 9.17) is 4.42 Å². The maximum absolute atomic E-state index is 12.3. The van der Waals surface area contributed by atoms with E-state index >= 15 is 0 Å². The molecule has 1 saturated heterocycles. The molecule has 1 aliphatic carbocycles. The van der Waals surface area contributed by atoms with Gasteiger partial charge in [-0.15, -0.1) is 0 Å². The van der Waals surface area contributed by atoms with Gasteiger partial charge in [-0.05, 0) is 31.9 Å². The van der Waals surface area contributed by atoms with Crippen LogP contribution in [-0.2, 0) is 6.42 Å². The average Bonchev–Trinajstić information content (AvgIpc) is 2.80. The summed E-state index contributed by atoms with van der Waals surface area (Å²) in [6.45, 7) is 1.06. The number of hydrogen-bond acceptors (Lipinski definition) is 3. The van der Waals surface area contributed by atoms with Gasteiger partial charge in [-0.1, -0.05) is 6.42 Å². The van der Waals surface area contributed by atoms with Crippen molar-refractivity contribution in [3.05, 3.63) is 23.7 Å². The van der Waals surface area contributed by atoms with Gasteiger partial charge in [0.2, 0.25) is 0 Å². The number of rotatable bonds is 1.